The molecule has 1 aromatic heterocycles. The van der Waals surface area contributed by atoms with E-state index in [2.05, 4.69) is 28.6 Å². The first kappa shape index (κ1) is 22.3. The maximum absolute atomic E-state index is 12.6. The molecule has 0 spiro atoms. The van der Waals surface area contributed by atoms with E-state index in [1.165, 1.54) is 0 Å². The van der Waals surface area contributed by atoms with Crippen molar-refractivity contribution in [2.24, 2.45) is 0 Å². The molecule has 3 aromatic carbocycles. The second-order valence-electron chi connectivity index (χ2n) is 8.02. The van der Waals surface area contributed by atoms with Crippen molar-refractivity contribution in [2.45, 2.75) is 32.9 Å². The molecule has 4 aromatic rings. The normalized spacial score (nSPS) is 10.8. The van der Waals surface area contributed by atoms with Crippen LogP contribution in [0.3, 0.4) is 0 Å². The van der Waals surface area contributed by atoms with Crippen molar-refractivity contribution in [1.82, 2.24) is 14.9 Å². The van der Waals surface area contributed by atoms with Gasteiger partial charge in [-0.05, 0) is 55.7 Å². The summed E-state index contributed by atoms with van der Waals surface area (Å²) in [5.74, 6) is 1.64. The molecule has 1 amide bonds. The Morgan fingerprint density at radius 2 is 1.91 bits per heavy atom. The molecule has 1 N–H and O–H groups in total. The van der Waals surface area contributed by atoms with Crippen LogP contribution in [0.5, 0.6) is 5.75 Å². The lowest BCUT2D eigenvalue weighted by atomic mass is 10.1. The third-order valence-electron chi connectivity index (χ3n) is 5.54. The molecule has 0 bridgehead atoms. The van der Waals surface area contributed by atoms with Gasteiger partial charge in [0.1, 0.15) is 11.6 Å². The molecule has 0 fully saturated rings. The van der Waals surface area contributed by atoms with E-state index < -0.39 is 0 Å². The molecule has 5 heteroatoms. The molecule has 0 unspecified atom stereocenters. The topological polar surface area (TPSA) is 56.1 Å². The zero-order chi connectivity index (χ0) is 23.0. The van der Waals surface area contributed by atoms with Gasteiger partial charge in [-0.3, -0.25) is 4.79 Å². The number of amides is 1. The molecule has 4 rings (SSSR count). The first-order valence-electron chi connectivity index (χ1n) is 11.3. The summed E-state index contributed by atoms with van der Waals surface area (Å²) in [7, 11) is 0. The van der Waals surface area contributed by atoms with Gasteiger partial charge in [0.25, 0.3) is 5.91 Å². The molecule has 0 atom stereocenters. The highest BCUT2D eigenvalue weighted by molar-refractivity contribution is 5.94. The number of rotatable bonds is 10. The van der Waals surface area contributed by atoms with Crippen LogP contribution in [-0.2, 0) is 19.5 Å². The number of nitrogens with zero attached hydrogens (tertiary/aromatic N) is 2. The average molecular weight is 440 g/mol. The molecule has 1 heterocycles. The monoisotopic (exact) mass is 439 g/mol. The number of hydrogen-bond donors (Lipinski definition) is 1. The van der Waals surface area contributed by atoms with Crippen molar-refractivity contribution >= 4 is 16.9 Å². The summed E-state index contributed by atoms with van der Waals surface area (Å²) in [6.45, 7) is 7.51. The number of allylic oxidation sites excluding steroid dienone is 1. The maximum atomic E-state index is 12.6. The summed E-state index contributed by atoms with van der Waals surface area (Å²) in [6.07, 6.45) is 3.49. The van der Waals surface area contributed by atoms with Crippen molar-refractivity contribution in [3.8, 4) is 5.75 Å². The molecule has 0 aliphatic heterocycles. The predicted octanol–water partition coefficient (Wildman–Crippen LogP) is 5.47. The number of hydrogen-bond acceptors (Lipinski definition) is 3. The molecule has 168 valence electrons. The lowest BCUT2D eigenvalue weighted by Gasteiger charge is -2.13. The van der Waals surface area contributed by atoms with E-state index in [0.717, 1.165) is 53.1 Å². The Labute approximate surface area is 194 Å². The lowest BCUT2D eigenvalue weighted by molar-refractivity contribution is 0.0949. The standard InChI is InChI=1S/C28H29N3O2/c1-3-10-22-12-4-7-16-26(22)33-18-9-17-31-25-15-6-5-14-24(25)30-27(31)20-29-28(32)23-13-8-11-21(2)19-23/h3-8,11-16,19H,1,9-10,17-18,20H2,2H3,(H,29,32). The Kier molecular flexibility index (Phi) is 7.20. The Hall–Kier alpha value is -3.86. The van der Waals surface area contributed by atoms with Gasteiger partial charge >= 0.3 is 0 Å². The SMILES string of the molecule is C=CCc1ccccc1OCCCn1c(CNC(=O)c2cccc(C)c2)nc2ccccc21. The number of imidazole rings is 1. The second kappa shape index (κ2) is 10.6. The summed E-state index contributed by atoms with van der Waals surface area (Å²) in [5, 5.41) is 3.02. The summed E-state index contributed by atoms with van der Waals surface area (Å²) in [5.41, 5.74) is 4.84. The minimum atomic E-state index is -0.0977. The Morgan fingerprint density at radius 1 is 1.09 bits per heavy atom. The van der Waals surface area contributed by atoms with E-state index in [9.17, 15) is 4.79 Å². The largest absolute Gasteiger partial charge is 0.493 e. The van der Waals surface area contributed by atoms with Gasteiger partial charge in [-0.15, -0.1) is 6.58 Å². The van der Waals surface area contributed by atoms with Crippen molar-refractivity contribution < 1.29 is 9.53 Å². The van der Waals surface area contributed by atoms with Crippen LogP contribution in [0.25, 0.3) is 11.0 Å². The van der Waals surface area contributed by atoms with E-state index in [-0.39, 0.29) is 5.91 Å². The van der Waals surface area contributed by atoms with Gasteiger partial charge in [-0.25, -0.2) is 4.98 Å². The Balaban J connectivity index is 1.43. The van der Waals surface area contributed by atoms with Crippen LogP contribution in [0.1, 0.15) is 33.7 Å². The highest BCUT2D eigenvalue weighted by Crippen LogP contribution is 2.20. The maximum Gasteiger partial charge on any atom is 0.251 e. The fourth-order valence-corrected chi connectivity index (χ4v) is 3.93. The van der Waals surface area contributed by atoms with Crippen LogP contribution in [-0.4, -0.2) is 22.1 Å². The van der Waals surface area contributed by atoms with Crippen molar-refractivity contribution in [3.05, 3.63) is 108 Å². The van der Waals surface area contributed by atoms with Gasteiger partial charge in [0.05, 0.1) is 24.2 Å². The molecular weight excluding hydrogens is 410 g/mol. The average Bonchev–Trinajstić information content (AvgIpc) is 3.19. The van der Waals surface area contributed by atoms with Crippen LogP contribution in [0, 0.1) is 6.92 Å². The van der Waals surface area contributed by atoms with Gasteiger partial charge < -0.3 is 14.6 Å². The molecule has 0 aliphatic rings. The number of nitrogens with one attached hydrogen (secondary N) is 1. The van der Waals surface area contributed by atoms with Gasteiger partial charge in [0, 0.05) is 12.1 Å². The molecular formula is C28H29N3O2. The van der Waals surface area contributed by atoms with E-state index in [0.29, 0.717) is 18.7 Å². The lowest BCUT2D eigenvalue weighted by Crippen LogP contribution is -2.25. The Bertz CT molecular complexity index is 1260. The molecule has 33 heavy (non-hydrogen) atoms. The van der Waals surface area contributed by atoms with Gasteiger partial charge in [0.15, 0.2) is 0 Å². The molecule has 5 nitrogen and oxygen atoms in total. The summed E-state index contributed by atoms with van der Waals surface area (Å²) in [4.78, 5) is 17.4. The zero-order valence-electron chi connectivity index (χ0n) is 19.0. The third-order valence-corrected chi connectivity index (χ3v) is 5.54. The summed E-state index contributed by atoms with van der Waals surface area (Å²) in [6, 6.07) is 23.7. The van der Waals surface area contributed by atoms with Gasteiger partial charge in [0.2, 0.25) is 0 Å². The minimum Gasteiger partial charge on any atom is -0.493 e. The van der Waals surface area contributed by atoms with Crippen molar-refractivity contribution in [3.63, 3.8) is 0 Å². The number of aromatic nitrogens is 2. The van der Waals surface area contributed by atoms with E-state index >= 15 is 0 Å². The number of aryl methyl sites for hydroxylation is 2. The number of para-hydroxylation sites is 3. The fourth-order valence-electron chi connectivity index (χ4n) is 3.93. The minimum absolute atomic E-state index is 0.0977. The van der Waals surface area contributed by atoms with Crippen LogP contribution < -0.4 is 10.1 Å². The molecule has 0 saturated carbocycles. The van der Waals surface area contributed by atoms with Crippen molar-refractivity contribution in [2.75, 3.05) is 6.61 Å². The molecule has 0 radical (unpaired) electrons. The van der Waals surface area contributed by atoms with Gasteiger partial charge in [-0.2, -0.15) is 0 Å². The number of fused-ring (bicyclic) bond motifs is 1. The zero-order valence-corrected chi connectivity index (χ0v) is 19.0. The van der Waals surface area contributed by atoms with Crippen LogP contribution in [0.4, 0.5) is 0 Å². The third kappa shape index (κ3) is 5.50. The van der Waals surface area contributed by atoms with E-state index in [1.54, 1.807) is 0 Å². The van der Waals surface area contributed by atoms with E-state index in [4.69, 9.17) is 9.72 Å². The number of ether oxygens (including phenoxy) is 1. The first-order valence-corrected chi connectivity index (χ1v) is 11.3. The highest BCUT2D eigenvalue weighted by Gasteiger charge is 2.13. The number of carbonyl (C=O) groups excluding carboxylic acids is 1. The molecule has 0 saturated heterocycles. The Morgan fingerprint density at radius 3 is 2.76 bits per heavy atom. The number of benzene rings is 3. The quantitative estimate of drug-likeness (QED) is 0.263. The second-order valence-corrected chi connectivity index (χ2v) is 8.02. The fraction of sp³-hybridized carbons (Fsp3) is 0.214. The molecule has 0 aliphatic carbocycles. The number of carbonyl (C=O) groups is 1. The van der Waals surface area contributed by atoms with Gasteiger partial charge in [-0.1, -0.05) is 54.1 Å². The predicted molar refractivity (Wildman–Crippen MR) is 133 cm³/mol. The first-order chi connectivity index (χ1) is 16.2. The van der Waals surface area contributed by atoms with Crippen LogP contribution in [0.15, 0.2) is 85.5 Å². The van der Waals surface area contributed by atoms with Crippen LogP contribution in [0.2, 0.25) is 0 Å². The highest BCUT2D eigenvalue weighted by atomic mass is 16.5. The summed E-state index contributed by atoms with van der Waals surface area (Å²) >= 11 is 0. The van der Waals surface area contributed by atoms with E-state index in [1.807, 2.05) is 73.7 Å². The smallest absolute Gasteiger partial charge is 0.251 e. The van der Waals surface area contributed by atoms with Crippen LogP contribution >= 0.6 is 0 Å². The summed E-state index contributed by atoms with van der Waals surface area (Å²) < 4.78 is 8.23. The van der Waals surface area contributed by atoms with Crippen molar-refractivity contribution in [1.29, 1.82) is 0 Å².